The molecule has 0 radical (unpaired) electrons. The van der Waals surface area contributed by atoms with Crippen LogP contribution in [0.2, 0.25) is 0 Å². The van der Waals surface area contributed by atoms with Gasteiger partial charge in [0.1, 0.15) is 18.2 Å². The van der Waals surface area contributed by atoms with Crippen molar-refractivity contribution in [2.75, 3.05) is 18.4 Å². The Bertz CT molecular complexity index is 763. The molecular weight excluding hydrogens is 336 g/mol. The minimum Gasteiger partial charge on any atom is -0.487 e. The van der Waals surface area contributed by atoms with Crippen LogP contribution in [0.5, 0.6) is 5.75 Å². The average molecular weight is 362 g/mol. The summed E-state index contributed by atoms with van der Waals surface area (Å²) in [6, 6.07) is 20.0. The third kappa shape index (κ3) is 7.07. The lowest BCUT2D eigenvalue weighted by Gasteiger charge is -2.08. The number of hydrogen-bond donors (Lipinski definition) is 2. The first-order valence-electron chi connectivity index (χ1n) is 9.37. The Labute approximate surface area is 160 Å². The summed E-state index contributed by atoms with van der Waals surface area (Å²) in [5, 5.41) is 6.81. The lowest BCUT2D eigenvalue weighted by Crippen LogP contribution is -2.15. The molecule has 2 aromatic heterocycles. The van der Waals surface area contributed by atoms with Gasteiger partial charge in [-0.15, -0.1) is 0 Å². The zero-order chi connectivity index (χ0) is 18.6. The number of aromatic nitrogens is 2. The maximum absolute atomic E-state index is 5.76. The van der Waals surface area contributed by atoms with Gasteiger partial charge in [0, 0.05) is 25.5 Å². The molecule has 5 heteroatoms. The van der Waals surface area contributed by atoms with Crippen molar-refractivity contribution in [3.05, 3.63) is 84.3 Å². The molecule has 1 aromatic carbocycles. The van der Waals surface area contributed by atoms with Gasteiger partial charge < -0.3 is 15.4 Å². The van der Waals surface area contributed by atoms with Gasteiger partial charge in [-0.05, 0) is 61.3 Å². The molecule has 2 N–H and O–H groups in total. The van der Waals surface area contributed by atoms with Crippen LogP contribution in [-0.2, 0) is 13.2 Å². The third-order valence-electron chi connectivity index (χ3n) is 4.12. The zero-order valence-electron chi connectivity index (χ0n) is 15.5. The lowest BCUT2D eigenvalue weighted by molar-refractivity contribution is 0.301. The second-order valence-corrected chi connectivity index (χ2v) is 6.28. The Morgan fingerprint density at radius 2 is 1.56 bits per heavy atom. The third-order valence-corrected chi connectivity index (χ3v) is 4.12. The van der Waals surface area contributed by atoms with Gasteiger partial charge in [0.2, 0.25) is 0 Å². The SMILES string of the molecule is c1ccc(COc2ccc(CNCCCCNc3ccccn3)cc2)nc1. The number of pyridine rings is 2. The predicted octanol–water partition coefficient (Wildman–Crippen LogP) is 4.04. The molecular formula is C22H26N4O. The van der Waals surface area contributed by atoms with Crippen LogP contribution in [0, 0.1) is 0 Å². The number of rotatable bonds is 11. The Morgan fingerprint density at radius 3 is 2.30 bits per heavy atom. The van der Waals surface area contributed by atoms with Gasteiger partial charge in [-0.1, -0.05) is 24.3 Å². The number of hydrogen-bond acceptors (Lipinski definition) is 5. The largest absolute Gasteiger partial charge is 0.487 e. The normalized spacial score (nSPS) is 10.5. The van der Waals surface area contributed by atoms with Crippen molar-refractivity contribution >= 4 is 5.82 Å². The highest BCUT2D eigenvalue weighted by molar-refractivity contribution is 5.32. The summed E-state index contributed by atoms with van der Waals surface area (Å²) in [6.45, 7) is 3.31. The fourth-order valence-electron chi connectivity index (χ4n) is 2.64. The van der Waals surface area contributed by atoms with Gasteiger partial charge in [0.25, 0.3) is 0 Å². The quantitative estimate of drug-likeness (QED) is 0.504. The van der Waals surface area contributed by atoms with Crippen LogP contribution in [0.15, 0.2) is 73.1 Å². The van der Waals surface area contributed by atoms with Crippen molar-refractivity contribution in [1.82, 2.24) is 15.3 Å². The summed E-state index contributed by atoms with van der Waals surface area (Å²) >= 11 is 0. The summed E-state index contributed by atoms with van der Waals surface area (Å²) in [6.07, 6.45) is 5.83. The van der Waals surface area contributed by atoms with E-state index in [-0.39, 0.29) is 0 Å². The molecule has 0 atom stereocenters. The van der Waals surface area contributed by atoms with E-state index in [4.69, 9.17) is 4.74 Å². The van der Waals surface area contributed by atoms with Gasteiger partial charge in [0.05, 0.1) is 5.69 Å². The first-order chi connectivity index (χ1) is 13.4. The van der Waals surface area contributed by atoms with Crippen LogP contribution in [0.1, 0.15) is 24.1 Å². The van der Waals surface area contributed by atoms with E-state index in [0.717, 1.165) is 49.7 Å². The first-order valence-corrected chi connectivity index (χ1v) is 9.37. The average Bonchev–Trinajstić information content (AvgIpc) is 2.74. The van der Waals surface area contributed by atoms with Crippen molar-refractivity contribution < 1.29 is 4.74 Å². The summed E-state index contributed by atoms with van der Waals surface area (Å²) in [7, 11) is 0. The van der Waals surface area contributed by atoms with E-state index >= 15 is 0 Å². The second-order valence-electron chi connectivity index (χ2n) is 6.28. The number of ether oxygens (including phenoxy) is 1. The van der Waals surface area contributed by atoms with E-state index < -0.39 is 0 Å². The maximum Gasteiger partial charge on any atom is 0.130 e. The fraction of sp³-hybridized carbons (Fsp3) is 0.273. The van der Waals surface area contributed by atoms with Crippen LogP contribution in [0.4, 0.5) is 5.82 Å². The van der Waals surface area contributed by atoms with Crippen LogP contribution in [0.3, 0.4) is 0 Å². The predicted molar refractivity (Wildman–Crippen MR) is 109 cm³/mol. The molecule has 3 aromatic rings. The number of benzene rings is 1. The summed E-state index contributed by atoms with van der Waals surface area (Å²) in [5.74, 6) is 1.81. The molecule has 27 heavy (non-hydrogen) atoms. The number of unbranched alkanes of at least 4 members (excludes halogenated alkanes) is 1. The standard InChI is InChI=1S/C22H26N4O/c1-3-14-24-20(7-1)18-27-21-11-9-19(10-12-21)17-23-13-5-6-16-26-22-8-2-4-15-25-22/h1-4,7-12,14-15,23H,5-6,13,16-18H2,(H,25,26). The lowest BCUT2D eigenvalue weighted by atomic mass is 10.2. The monoisotopic (exact) mass is 362 g/mol. The molecule has 3 rings (SSSR count). The van der Waals surface area contributed by atoms with E-state index in [1.54, 1.807) is 12.4 Å². The van der Waals surface area contributed by atoms with Gasteiger partial charge in [-0.25, -0.2) is 4.98 Å². The van der Waals surface area contributed by atoms with E-state index in [2.05, 4.69) is 32.7 Å². The molecule has 0 amide bonds. The number of nitrogens with one attached hydrogen (secondary N) is 2. The summed E-state index contributed by atoms with van der Waals surface area (Å²) in [4.78, 5) is 8.51. The topological polar surface area (TPSA) is 59.1 Å². The van der Waals surface area contributed by atoms with Crippen molar-refractivity contribution in [3.8, 4) is 5.75 Å². The van der Waals surface area contributed by atoms with Crippen LogP contribution in [0.25, 0.3) is 0 Å². The van der Waals surface area contributed by atoms with Crippen molar-refractivity contribution in [1.29, 1.82) is 0 Å². The van der Waals surface area contributed by atoms with Gasteiger partial charge in [-0.3, -0.25) is 4.98 Å². The van der Waals surface area contributed by atoms with Gasteiger partial charge in [0.15, 0.2) is 0 Å². The fourth-order valence-corrected chi connectivity index (χ4v) is 2.64. The molecule has 2 heterocycles. The Kier molecular flexibility index (Phi) is 7.64. The molecule has 0 saturated heterocycles. The Hall–Kier alpha value is -2.92. The number of anilines is 1. The van der Waals surface area contributed by atoms with Gasteiger partial charge in [-0.2, -0.15) is 0 Å². The van der Waals surface area contributed by atoms with E-state index in [0.29, 0.717) is 6.61 Å². The molecule has 140 valence electrons. The van der Waals surface area contributed by atoms with Crippen molar-refractivity contribution in [2.24, 2.45) is 0 Å². The van der Waals surface area contributed by atoms with Crippen molar-refractivity contribution in [3.63, 3.8) is 0 Å². The van der Waals surface area contributed by atoms with E-state index in [1.807, 2.05) is 48.5 Å². The summed E-state index contributed by atoms with van der Waals surface area (Å²) in [5.41, 5.74) is 2.19. The summed E-state index contributed by atoms with van der Waals surface area (Å²) < 4.78 is 5.76. The van der Waals surface area contributed by atoms with E-state index in [1.165, 1.54) is 5.56 Å². The maximum atomic E-state index is 5.76. The molecule has 0 spiro atoms. The number of nitrogens with zero attached hydrogens (tertiary/aromatic N) is 2. The minimum absolute atomic E-state index is 0.491. The Morgan fingerprint density at radius 1 is 0.778 bits per heavy atom. The van der Waals surface area contributed by atoms with Crippen LogP contribution in [-0.4, -0.2) is 23.1 Å². The molecule has 0 aliphatic heterocycles. The zero-order valence-corrected chi connectivity index (χ0v) is 15.5. The molecule has 0 bridgehead atoms. The molecule has 0 unspecified atom stereocenters. The molecule has 5 nitrogen and oxygen atoms in total. The highest BCUT2D eigenvalue weighted by Gasteiger charge is 1.98. The highest BCUT2D eigenvalue weighted by atomic mass is 16.5. The first kappa shape index (κ1) is 18.9. The molecule has 0 saturated carbocycles. The molecule has 0 aliphatic carbocycles. The van der Waals surface area contributed by atoms with Gasteiger partial charge >= 0.3 is 0 Å². The molecule has 0 aliphatic rings. The minimum atomic E-state index is 0.491. The highest BCUT2D eigenvalue weighted by Crippen LogP contribution is 2.13. The second kappa shape index (κ2) is 10.9. The van der Waals surface area contributed by atoms with Crippen molar-refractivity contribution in [2.45, 2.75) is 26.0 Å². The Balaban J connectivity index is 1.26. The smallest absolute Gasteiger partial charge is 0.130 e. The van der Waals surface area contributed by atoms with E-state index in [9.17, 15) is 0 Å². The van der Waals surface area contributed by atoms with Crippen LogP contribution >= 0.6 is 0 Å². The van der Waals surface area contributed by atoms with Crippen LogP contribution < -0.4 is 15.4 Å². The molecule has 0 fully saturated rings.